The summed E-state index contributed by atoms with van der Waals surface area (Å²) in [6.07, 6.45) is 4.31. The molecule has 0 fully saturated rings. The Kier molecular flexibility index (Phi) is 4.90. The number of rotatable bonds is 3. The third-order valence-corrected chi connectivity index (χ3v) is 6.46. The molecule has 2 unspecified atom stereocenters. The number of likely N-dealkylation sites (N-methyl/N-ethyl adjacent to an activating group) is 1. The molecule has 0 aliphatic carbocycles. The lowest BCUT2D eigenvalue weighted by Gasteiger charge is -2.43. The molecule has 33 heavy (non-hydrogen) atoms. The SMILES string of the molecule is CN1C(=O)C2(CC(C)(Cc3ccncc3)Oc3ccc(-c4cc(F)cc(Cl)c4)cc32)N=C1N. The molecule has 2 atom stereocenters. The number of guanidine groups is 1. The average molecular weight is 465 g/mol. The Labute approximate surface area is 195 Å². The highest BCUT2D eigenvalue weighted by atomic mass is 35.5. The number of ether oxygens (including phenoxy) is 1. The van der Waals surface area contributed by atoms with Crippen LogP contribution in [0.1, 0.15) is 24.5 Å². The van der Waals surface area contributed by atoms with Crippen LogP contribution in [0, 0.1) is 5.82 Å². The number of hydrogen-bond donors (Lipinski definition) is 1. The van der Waals surface area contributed by atoms with Crippen LogP contribution in [0.5, 0.6) is 5.75 Å². The van der Waals surface area contributed by atoms with Crippen LogP contribution in [-0.4, -0.2) is 34.4 Å². The first kappa shape index (κ1) is 21.4. The van der Waals surface area contributed by atoms with Crippen molar-refractivity contribution in [2.45, 2.75) is 30.9 Å². The van der Waals surface area contributed by atoms with Crippen LogP contribution in [0.4, 0.5) is 4.39 Å². The fourth-order valence-electron chi connectivity index (χ4n) is 4.80. The van der Waals surface area contributed by atoms with E-state index < -0.39 is 17.0 Å². The fourth-order valence-corrected chi connectivity index (χ4v) is 5.02. The molecule has 3 heterocycles. The summed E-state index contributed by atoms with van der Waals surface area (Å²) < 4.78 is 20.5. The van der Waals surface area contributed by atoms with Gasteiger partial charge in [0.1, 0.15) is 17.2 Å². The summed E-state index contributed by atoms with van der Waals surface area (Å²) in [5, 5.41) is 0.289. The number of aromatic nitrogens is 1. The number of fused-ring (bicyclic) bond motifs is 2. The van der Waals surface area contributed by atoms with E-state index >= 15 is 0 Å². The normalized spacial score (nSPS) is 23.9. The molecule has 168 valence electrons. The smallest absolute Gasteiger partial charge is 0.261 e. The lowest BCUT2D eigenvalue weighted by Crippen LogP contribution is -2.51. The molecular formula is C25H22ClFN4O2. The van der Waals surface area contributed by atoms with Gasteiger partial charge < -0.3 is 10.5 Å². The van der Waals surface area contributed by atoms with Gasteiger partial charge in [0, 0.05) is 42.9 Å². The molecule has 5 rings (SSSR count). The second kappa shape index (κ2) is 7.56. The highest BCUT2D eigenvalue weighted by molar-refractivity contribution is 6.30. The molecule has 0 bridgehead atoms. The van der Waals surface area contributed by atoms with Gasteiger partial charge in [0.05, 0.1) is 0 Å². The first-order chi connectivity index (χ1) is 15.7. The number of nitrogens with zero attached hydrogens (tertiary/aromatic N) is 3. The van der Waals surface area contributed by atoms with Crippen molar-refractivity contribution >= 4 is 23.5 Å². The van der Waals surface area contributed by atoms with Gasteiger partial charge >= 0.3 is 0 Å². The topological polar surface area (TPSA) is 80.8 Å². The zero-order valence-electron chi connectivity index (χ0n) is 18.2. The van der Waals surface area contributed by atoms with Crippen LogP contribution in [0.3, 0.4) is 0 Å². The summed E-state index contributed by atoms with van der Waals surface area (Å²) in [5.74, 6) is 0.0348. The molecule has 1 spiro atoms. The maximum absolute atomic E-state index is 14.0. The minimum absolute atomic E-state index is 0.151. The van der Waals surface area contributed by atoms with Crippen LogP contribution >= 0.6 is 11.6 Å². The zero-order chi connectivity index (χ0) is 23.4. The Balaban J connectivity index is 1.65. The molecule has 1 amide bonds. The lowest BCUT2D eigenvalue weighted by molar-refractivity contribution is -0.133. The van der Waals surface area contributed by atoms with Crippen molar-refractivity contribution in [3.05, 3.63) is 82.9 Å². The van der Waals surface area contributed by atoms with E-state index in [4.69, 9.17) is 22.1 Å². The van der Waals surface area contributed by atoms with Crippen LogP contribution in [0.2, 0.25) is 5.02 Å². The van der Waals surface area contributed by atoms with E-state index in [1.807, 2.05) is 31.2 Å². The predicted molar refractivity (Wildman–Crippen MR) is 125 cm³/mol. The number of pyridine rings is 1. The van der Waals surface area contributed by atoms with Crippen LogP contribution in [0.25, 0.3) is 11.1 Å². The molecule has 0 radical (unpaired) electrons. The molecule has 3 aromatic rings. The number of amides is 1. The highest BCUT2D eigenvalue weighted by Gasteiger charge is 2.56. The largest absolute Gasteiger partial charge is 0.487 e. The van der Waals surface area contributed by atoms with Crippen LogP contribution < -0.4 is 10.5 Å². The number of carbonyl (C=O) groups is 1. The van der Waals surface area contributed by atoms with E-state index in [0.717, 1.165) is 5.56 Å². The quantitative estimate of drug-likeness (QED) is 0.626. The van der Waals surface area contributed by atoms with Gasteiger partial charge in [-0.25, -0.2) is 9.38 Å². The first-order valence-electron chi connectivity index (χ1n) is 10.5. The summed E-state index contributed by atoms with van der Waals surface area (Å²) >= 11 is 6.07. The Hall–Kier alpha value is -3.45. The standard InChI is InChI=1S/C25H22ClFN4O2/c1-24(13-15-5-7-29-8-6-15)14-25(22(32)31(2)23(28)30-25)20-11-16(3-4-21(20)33-24)17-9-18(26)12-19(27)10-17/h3-12H,13-14H2,1-2H3,(H2,28,30). The zero-order valence-corrected chi connectivity index (χ0v) is 18.9. The van der Waals surface area contributed by atoms with Crippen molar-refractivity contribution in [2.75, 3.05) is 7.05 Å². The second-order valence-corrected chi connectivity index (χ2v) is 9.26. The summed E-state index contributed by atoms with van der Waals surface area (Å²) in [6.45, 7) is 1.97. The minimum atomic E-state index is -1.23. The fraction of sp³-hybridized carbons (Fsp3) is 0.240. The van der Waals surface area contributed by atoms with Crippen molar-refractivity contribution in [3.8, 4) is 16.9 Å². The van der Waals surface area contributed by atoms with Crippen molar-refractivity contribution in [1.82, 2.24) is 9.88 Å². The number of nitrogens with two attached hydrogens (primary N) is 1. The van der Waals surface area contributed by atoms with Crippen molar-refractivity contribution in [2.24, 2.45) is 10.7 Å². The van der Waals surface area contributed by atoms with E-state index in [9.17, 15) is 9.18 Å². The number of hydrogen-bond acceptors (Lipinski definition) is 5. The molecule has 8 heteroatoms. The molecule has 1 aromatic heterocycles. The summed E-state index contributed by atoms with van der Waals surface area (Å²) in [5.41, 5.74) is 7.08. The van der Waals surface area contributed by atoms with E-state index in [2.05, 4.69) is 9.98 Å². The molecule has 2 aliphatic heterocycles. The summed E-state index contributed by atoms with van der Waals surface area (Å²) in [4.78, 5) is 23.6. The van der Waals surface area contributed by atoms with Gasteiger partial charge in [0.2, 0.25) is 0 Å². The van der Waals surface area contributed by atoms with E-state index in [0.29, 0.717) is 35.3 Å². The van der Waals surface area contributed by atoms with Crippen molar-refractivity contribution < 1.29 is 13.9 Å². The molecule has 0 saturated carbocycles. The minimum Gasteiger partial charge on any atom is -0.487 e. The van der Waals surface area contributed by atoms with Gasteiger partial charge in [-0.05, 0) is 66.1 Å². The first-order valence-corrected chi connectivity index (χ1v) is 10.9. The predicted octanol–water partition coefficient (Wildman–Crippen LogP) is 4.31. The van der Waals surface area contributed by atoms with E-state index in [1.54, 1.807) is 31.6 Å². The van der Waals surface area contributed by atoms with Crippen molar-refractivity contribution in [3.63, 3.8) is 0 Å². The van der Waals surface area contributed by atoms with Gasteiger partial charge in [0.25, 0.3) is 5.91 Å². The van der Waals surface area contributed by atoms with Gasteiger partial charge in [-0.2, -0.15) is 0 Å². The summed E-state index contributed by atoms with van der Waals surface area (Å²) in [6, 6.07) is 13.6. The molecule has 0 saturated heterocycles. The Morgan fingerprint density at radius 2 is 1.91 bits per heavy atom. The van der Waals surface area contributed by atoms with Crippen molar-refractivity contribution in [1.29, 1.82) is 0 Å². The Morgan fingerprint density at radius 3 is 2.58 bits per heavy atom. The van der Waals surface area contributed by atoms with E-state index in [1.165, 1.54) is 17.0 Å². The Morgan fingerprint density at radius 1 is 1.15 bits per heavy atom. The molecule has 2 aliphatic rings. The third kappa shape index (κ3) is 3.62. The van der Waals surface area contributed by atoms with Crippen LogP contribution in [-0.2, 0) is 16.8 Å². The van der Waals surface area contributed by atoms with Gasteiger partial charge in [-0.3, -0.25) is 14.7 Å². The Bertz CT molecular complexity index is 1280. The lowest BCUT2D eigenvalue weighted by atomic mass is 9.74. The molecule has 6 nitrogen and oxygen atoms in total. The van der Waals surface area contributed by atoms with Gasteiger partial charge in [-0.15, -0.1) is 0 Å². The highest BCUT2D eigenvalue weighted by Crippen LogP contribution is 2.50. The number of aliphatic imine (C=N–C) groups is 1. The molecule has 2 N–H and O–H groups in total. The average Bonchev–Trinajstić information content (AvgIpc) is 2.97. The van der Waals surface area contributed by atoms with Gasteiger partial charge in [0.15, 0.2) is 11.5 Å². The maximum Gasteiger partial charge on any atom is 0.261 e. The number of benzene rings is 2. The van der Waals surface area contributed by atoms with Crippen LogP contribution in [0.15, 0.2) is 65.9 Å². The third-order valence-electron chi connectivity index (χ3n) is 6.24. The number of halogens is 2. The number of carbonyl (C=O) groups excluding carboxylic acids is 1. The molecular weight excluding hydrogens is 443 g/mol. The molecule has 2 aromatic carbocycles. The van der Waals surface area contributed by atoms with E-state index in [-0.39, 0.29) is 16.9 Å². The van der Waals surface area contributed by atoms with Gasteiger partial charge in [-0.1, -0.05) is 17.7 Å². The maximum atomic E-state index is 14.0. The second-order valence-electron chi connectivity index (χ2n) is 8.82. The summed E-state index contributed by atoms with van der Waals surface area (Å²) in [7, 11) is 1.61. The monoisotopic (exact) mass is 464 g/mol.